The summed E-state index contributed by atoms with van der Waals surface area (Å²) in [6, 6.07) is -0.0429. The number of aromatic nitrogens is 2. The van der Waals surface area contributed by atoms with Crippen LogP contribution < -0.4 is 10.9 Å². The van der Waals surface area contributed by atoms with Crippen molar-refractivity contribution in [3.05, 3.63) is 21.6 Å². The molecule has 108 valence electrons. The van der Waals surface area contributed by atoms with Crippen LogP contribution >= 0.6 is 23.4 Å². The Morgan fingerprint density at radius 3 is 2.79 bits per heavy atom. The molecule has 0 saturated carbocycles. The van der Waals surface area contributed by atoms with Gasteiger partial charge in [-0.15, -0.1) is 0 Å². The van der Waals surface area contributed by atoms with Gasteiger partial charge >= 0.3 is 0 Å². The molecule has 0 aliphatic carbocycles. The largest absolute Gasteiger partial charge is 0.387 e. The van der Waals surface area contributed by atoms with Gasteiger partial charge in [-0.3, -0.25) is 4.79 Å². The van der Waals surface area contributed by atoms with Crippen LogP contribution in [0.5, 0.6) is 0 Å². The molecule has 5 nitrogen and oxygen atoms in total. The molecule has 19 heavy (non-hydrogen) atoms. The van der Waals surface area contributed by atoms with Crippen molar-refractivity contribution >= 4 is 29.1 Å². The highest BCUT2D eigenvalue weighted by Gasteiger charge is 2.20. The predicted octanol–water partition coefficient (Wildman–Crippen LogP) is 2.00. The Labute approximate surface area is 122 Å². The maximum atomic E-state index is 11.9. The van der Waals surface area contributed by atoms with Gasteiger partial charge in [-0.1, -0.05) is 11.6 Å². The van der Waals surface area contributed by atoms with Gasteiger partial charge in [0.15, 0.2) is 0 Å². The molecule has 0 spiro atoms. The lowest BCUT2D eigenvalue weighted by molar-refractivity contribution is 0.0997. The Balaban J connectivity index is 2.87. The Morgan fingerprint density at radius 2 is 2.26 bits per heavy atom. The minimum absolute atomic E-state index is 0.0429. The summed E-state index contributed by atoms with van der Waals surface area (Å²) in [7, 11) is 0. The number of nitrogens with zero attached hydrogens (tertiary/aromatic N) is 2. The highest BCUT2D eigenvalue weighted by molar-refractivity contribution is 7.98. The zero-order valence-corrected chi connectivity index (χ0v) is 13.2. The van der Waals surface area contributed by atoms with Crippen LogP contribution in [0, 0.1) is 0 Å². The summed E-state index contributed by atoms with van der Waals surface area (Å²) in [5.41, 5.74) is -0.744. The third kappa shape index (κ3) is 4.40. The number of thioether (sulfide) groups is 1. The van der Waals surface area contributed by atoms with E-state index in [1.54, 1.807) is 18.7 Å². The Morgan fingerprint density at radius 1 is 1.63 bits per heavy atom. The molecule has 7 heteroatoms. The van der Waals surface area contributed by atoms with Gasteiger partial charge in [0.25, 0.3) is 5.56 Å². The molecule has 0 radical (unpaired) electrons. The molecule has 0 saturated heterocycles. The van der Waals surface area contributed by atoms with Crippen molar-refractivity contribution in [3.8, 4) is 0 Å². The van der Waals surface area contributed by atoms with E-state index < -0.39 is 5.60 Å². The monoisotopic (exact) mass is 305 g/mol. The zero-order chi connectivity index (χ0) is 14.6. The first kappa shape index (κ1) is 16.3. The van der Waals surface area contributed by atoms with Crippen LogP contribution in [-0.4, -0.2) is 39.0 Å². The minimum Gasteiger partial charge on any atom is -0.387 e. The van der Waals surface area contributed by atoms with E-state index in [2.05, 4.69) is 10.4 Å². The topological polar surface area (TPSA) is 67.2 Å². The molecule has 2 N–H and O–H groups in total. The van der Waals surface area contributed by atoms with Gasteiger partial charge in [0.2, 0.25) is 0 Å². The van der Waals surface area contributed by atoms with Crippen LogP contribution in [0.3, 0.4) is 0 Å². The molecule has 1 rings (SSSR count). The van der Waals surface area contributed by atoms with Gasteiger partial charge in [-0.2, -0.15) is 16.9 Å². The molecule has 1 aromatic heterocycles. The Bertz CT molecular complexity index is 488. The first-order valence-corrected chi connectivity index (χ1v) is 7.78. The van der Waals surface area contributed by atoms with Gasteiger partial charge in [0.05, 0.1) is 23.5 Å². The molecule has 0 aliphatic heterocycles. The second kappa shape index (κ2) is 6.63. The average Bonchev–Trinajstić information content (AvgIpc) is 2.30. The van der Waals surface area contributed by atoms with Crippen LogP contribution in [-0.2, 0) is 0 Å². The van der Waals surface area contributed by atoms with Gasteiger partial charge in [0.1, 0.15) is 5.02 Å². The van der Waals surface area contributed by atoms with Gasteiger partial charge in [-0.05, 0) is 27.0 Å². The van der Waals surface area contributed by atoms with E-state index in [1.807, 2.05) is 20.1 Å². The third-order valence-electron chi connectivity index (χ3n) is 2.55. The first-order valence-electron chi connectivity index (χ1n) is 6.01. The maximum absolute atomic E-state index is 11.9. The van der Waals surface area contributed by atoms with E-state index in [0.717, 1.165) is 0 Å². The SMILES string of the molecule is CSCC(C)(O)CNc1cnn(C(C)C)c(=O)c1Cl. The Kier molecular flexibility index (Phi) is 5.70. The number of anilines is 1. The van der Waals surface area contributed by atoms with Crippen molar-refractivity contribution in [2.75, 3.05) is 23.9 Å². The van der Waals surface area contributed by atoms with Gasteiger partial charge in [-0.25, -0.2) is 4.68 Å². The third-order valence-corrected chi connectivity index (χ3v) is 3.82. The van der Waals surface area contributed by atoms with Crippen molar-refractivity contribution in [3.63, 3.8) is 0 Å². The minimum atomic E-state index is -0.865. The normalized spacial score (nSPS) is 14.5. The second-order valence-electron chi connectivity index (χ2n) is 5.00. The van der Waals surface area contributed by atoms with Crippen molar-refractivity contribution in [2.24, 2.45) is 0 Å². The highest BCUT2D eigenvalue weighted by Crippen LogP contribution is 2.18. The van der Waals surface area contributed by atoms with E-state index in [1.165, 1.54) is 10.9 Å². The molecule has 0 amide bonds. The summed E-state index contributed by atoms with van der Waals surface area (Å²) in [5, 5.41) is 17.2. The summed E-state index contributed by atoms with van der Waals surface area (Å²) >= 11 is 7.58. The van der Waals surface area contributed by atoms with E-state index in [4.69, 9.17) is 11.6 Å². The molecular formula is C12H20ClN3O2S. The zero-order valence-electron chi connectivity index (χ0n) is 11.6. The van der Waals surface area contributed by atoms with Gasteiger partial charge < -0.3 is 10.4 Å². The summed E-state index contributed by atoms with van der Waals surface area (Å²) in [5.74, 6) is 0.591. The fourth-order valence-electron chi connectivity index (χ4n) is 1.58. The molecule has 1 unspecified atom stereocenters. The van der Waals surface area contributed by atoms with Gasteiger partial charge in [0, 0.05) is 12.3 Å². The summed E-state index contributed by atoms with van der Waals surface area (Å²) in [6.07, 6.45) is 3.44. The van der Waals surface area contributed by atoms with Crippen LogP contribution in [0.4, 0.5) is 5.69 Å². The maximum Gasteiger partial charge on any atom is 0.287 e. The second-order valence-corrected chi connectivity index (χ2v) is 6.24. The lowest BCUT2D eigenvalue weighted by Gasteiger charge is -2.23. The summed E-state index contributed by atoms with van der Waals surface area (Å²) in [6.45, 7) is 5.76. The smallest absolute Gasteiger partial charge is 0.287 e. The standard InChI is InChI=1S/C12H20ClN3O2S/c1-8(2)16-11(17)10(13)9(5-15-16)14-6-12(3,18)7-19-4/h5,8,14,18H,6-7H2,1-4H3. The lowest BCUT2D eigenvalue weighted by atomic mass is 10.1. The number of rotatable bonds is 6. The van der Waals surface area contributed by atoms with E-state index in [0.29, 0.717) is 18.0 Å². The highest BCUT2D eigenvalue weighted by atomic mass is 35.5. The van der Waals surface area contributed by atoms with Crippen LogP contribution in [0.25, 0.3) is 0 Å². The fraction of sp³-hybridized carbons (Fsp3) is 0.667. The molecule has 1 heterocycles. The summed E-state index contributed by atoms with van der Waals surface area (Å²) in [4.78, 5) is 11.9. The molecule has 0 aromatic carbocycles. The number of hydrogen-bond donors (Lipinski definition) is 2. The molecular weight excluding hydrogens is 286 g/mol. The number of nitrogens with one attached hydrogen (secondary N) is 1. The van der Waals surface area contributed by atoms with E-state index >= 15 is 0 Å². The summed E-state index contributed by atoms with van der Waals surface area (Å²) < 4.78 is 1.33. The Hall–Kier alpha value is -0.720. The lowest BCUT2D eigenvalue weighted by Crippen LogP contribution is -2.36. The number of hydrogen-bond acceptors (Lipinski definition) is 5. The first-order chi connectivity index (χ1) is 8.78. The van der Waals surface area contributed by atoms with Crippen LogP contribution in [0.2, 0.25) is 5.02 Å². The fourth-order valence-corrected chi connectivity index (χ4v) is 2.51. The molecule has 0 fully saturated rings. The molecule has 0 aliphatic rings. The van der Waals surface area contributed by atoms with E-state index in [-0.39, 0.29) is 16.6 Å². The average molecular weight is 306 g/mol. The van der Waals surface area contributed by atoms with Crippen molar-refractivity contribution in [2.45, 2.75) is 32.4 Å². The van der Waals surface area contributed by atoms with Crippen LogP contribution in [0.1, 0.15) is 26.8 Å². The van der Waals surface area contributed by atoms with Crippen molar-refractivity contribution in [1.82, 2.24) is 9.78 Å². The van der Waals surface area contributed by atoms with Crippen molar-refractivity contribution < 1.29 is 5.11 Å². The molecule has 0 bridgehead atoms. The van der Waals surface area contributed by atoms with E-state index in [9.17, 15) is 9.90 Å². The number of halogens is 1. The number of aliphatic hydroxyl groups is 1. The van der Waals surface area contributed by atoms with Crippen molar-refractivity contribution in [1.29, 1.82) is 0 Å². The predicted molar refractivity (Wildman–Crippen MR) is 81.4 cm³/mol. The quantitative estimate of drug-likeness (QED) is 0.841. The molecule has 1 aromatic rings. The van der Waals surface area contributed by atoms with Crippen LogP contribution in [0.15, 0.2) is 11.0 Å². The molecule has 1 atom stereocenters.